The number of hydrogen-bond donors (Lipinski definition) is 1. The smallest absolute Gasteiger partial charge is 0.326 e. The highest BCUT2D eigenvalue weighted by atomic mass is 32.3. The minimum absolute atomic E-state index is 0.0627. The van der Waals surface area contributed by atoms with Crippen LogP contribution in [0.5, 0.6) is 0 Å². The van der Waals surface area contributed by atoms with E-state index in [1.165, 1.54) is 6.08 Å². The number of carboxylic acids is 1. The van der Waals surface area contributed by atoms with Gasteiger partial charge in [-0.1, -0.05) is 6.08 Å². The van der Waals surface area contributed by atoms with Gasteiger partial charge in [-0.15, -0.1) is 10.5 Å². The van der Waals surface area contributed by atoms with Crippen molar-refractivity contribution in [2.24, 2.45) is 5.92 Å². The predicted molar refractivity (Wildman–Crippen MR) is 61.0 cm³/mol. The van der Waals surface area contributed by atoms with Gasteiger partial charge in [-0.2, -0.15) is 8.42 Å². The lowest BCUT2D eigenvalue weighted by molar-refractivity contribution is -0.148. The third-order valence-corrected chi connectivity index (χ3v) is 3.59. The molecule has 1 aliphatic rings. The van der Waals surface area contributed by atoms with Crippen LogP contribution in [-0.2, 0) is 19.8 Å². The fraction of sp³-hybridized carbons (Fsp3) is 0.600. The van der Waals surface area contributed by atoms with Crippen molar-refractivity contribution < 1.29 is 27.0 Å². The number of carboxylic acid groups (broad SMARTS) is 1. The Morgan fingerprint density at radius 1 is 1.67 bits per heavy atom. The second-order valence-electron chi connectivity index (χ2n) is 4.20. The molecule has 1 N–H and O–H groups in total. The second kappa shape index (κ2) is 5.47. The number of carbonyl (C=O) groups excluding carboxylic acids is 1. The second-order valence-corrected chi connectivity index (χ2v) is 5.61. The van der Waals surface area contributed by atoms with Gasteiger partial charge in [-0.25, -0.2) is 4.79 Å². The molecule has 2 atom stereocenters. The minimum Gasteiger partial charge on any atom is -0.480 e. The van der Waals surface area contributed by atoms with Gasteiger partial charge in [0.05, 0.1) is 5.75 Å². The first-order chi connectivity index (χ1) is 8.24. The molecular formula is C10H14FNO5S. The maximum atomic E-state index is 12.5. The molecule has 1 saturated heterocycles. The monoisotopic (exact) mass is 279 g/mol. The quantitative estimate of drug-likeness (QED) is 0.552. The fourth-order valence-corrected chi connectivity index (χ4v) is 2.81. The SMILES string of the molecule is C=CC[C@@H](C(=O)O)N1CC(CS(=O)(=O)F)CC1=O. The lowest BCUT2D eigenvalue weighted by Gasteiger charge is -2.23. The molecule has 0 aromatic carbocycles. The van der Waals surface area contributed by atoms with Gasteiger partial charge in [0.2, 0.25) is 5.91 Å². The maximum absolute atomic E-state index is 12.5. The van der Waals surface area contributed by atoms with Crippen LogP contribution in [0, 0.1) is 5.92 Å². The van der Waals surface area contributed by atoms with Gasteiger partial charge >= 0.3 is 16.2 Å². The fourth-order valence-electron chi connectivity index (χ4n) is 2.02. The van der Waals surface area contributed by atoms with Crippen molar-refractivity contribution in [1.82, 2.24) is 4.90 Å². The number of halogens is 1. The normalized spacial score (nSPS) is 21.9. The van der Waals surface area contributed by atoms with Crippen molar-refractivity contribution in [3.05, 3.63) is 12.7 Å². The first kappa shape index (κ1) is 14.6. The van der Waals surface area contributed by atoms with Gasteiger partial charge in [0.1, 0.15) is 6.04 Å². The Balaban J connectivity index is 2.77. The van der Waals surface area contributed by atoms with Crippen LogP contribution in [0.2, 0.25) is 0 Å². The number of hydrogen-bond acceptors (Lipinski definition) is 4. The Labute approximate surface area is 104 Å². The molecule has 0 bridgehead atoms. The Hall–Kier alpha value is -1.44. The largest absolute Gasteiger partial charge is 0.480 e. The Morgan fingerprint density at radius 2 is 2.28 bits per heavy atom. The summed E-state index contributed by atoms with van der Waals surface area (Å²) < 4.78 is 33.5. The van der Waals surface area contributed by atoms with E-state index in [-0.39, 0.29) is 19.4 Å². The van der Waals surface area contributed by atoms with Gasteiger partial charge in [0.15, 0.2) is 0 Å². The molecule has 1 amide bonds. The summed E-state index contributed by atoms with van der Waals surface area (Å²) in [4.78, 5) is 23.7. The molecule has 0 spiro atoms. The molecule has 6 nitrogen and oxygen atoms in total. The molecule has 1 aliphatic heterocycles. The molecule has 0 aromatic heterocycles. The van der Waals surface area contributed by atoms with Crippen molar-refractivity contribution in [3.8, 4) is 0 Å². The van der Waals surface area contributed by atoms with Gasteiger partial charge < -0.3 is 10.0 Å². The number of carbonyl (C=O) groups is 2. The maximum Gasteiger partial charge on any atom is 0.326 e. The lowest BCUT2D eigenvalue weighted by atomic mass is 10.1. The van der Waals surface area contributed by atoms with Crippen LogP contribution in [0.25, 0.3) is 0 Å². The summed E-state index contributed by atoms with van der Waals surface area (Å²) in [6, 6.07) is -1.07. The van der Waals surface area contributed by atoms with Crippen LogP contribution in [0.3, 0.4) is 0 Å². The molecule has 0 saturated carbocycles. The Bertz CT molecular complexity index is 461. The molecule has 0 radical (unpaired) electrons. The molecule has 1 unspecified atom stereocenters. The first-order valence-corrected chi connectivity index (χ1v) is 6.85. The van der Waals surface area contributed by atoms with Crippen LogP contribution < -0.4 is 0 Å². The van der Waals surface area contributed by atoms with E-state index in [1.54, 1.807) is 0 Å². The van der Waals surface area contributed by atoms with E-state index in [9.17, 15) is 21.9 Å². The Kier molecular flexibility index (Phi) is 4.44. The van der Waals surface area contributed by atoms with Crippen LogP contribution in [0.4, 0.5) is 3.89 Å². The predicted octanol–water partition coefficient (Wildman–Crippen LogP) is 0.163. The van der Waals surface area contributed by atoms with Crippen LogP contribution in [-0.4, -0.2) is 48.6 Å². The van der Waals surface area contributed by atoms with Gasteiger partial charge in [0.25, 0.3) is 0 Å². The van der Waals surface area contributed by atoms with E-state index < -0.39 is 39.8 Å². The molecule has 0 aliphatic carbocycles. The van der Waals surface area contributed by atoms with E-state index in [1.807, 2.05) is 0 Å². The molecule has 1 rings (SSSR count). The van der Waals surface area contributed by atoms with E-state index in [4.69, 9.17) is 5.11 Å². The standard InChI is InChI=1S/C10H14FNO5S/c1-2-3-8(10(14)15)12-5-7(4-9(12)13)6-18(11,16)17/h2,7-8H,1,3-6H2,(H,14,15)/t7?,8-/m0/s1. The Morgan fingerprint density at radius 3 is 2.72 bits per heavy atom. The third kappa shape index (κ3) is 3.80. The lowest BCUT2D eigenvalue weighted by Crippen LogP contribution is -2.42. The third-order valence-electron chi connectivity index (χ3n) is 2.72. The van der Waals surface area contributed by atoms with Crippen molar-refractivity contribution in [2.45, 2.75) is 18.9 Å². The highest BCUT2D eigenvalue weighted by Crippen LogP contribution is 2.23. The summed E-state index contributed by atoms with van der Waals surface area (Å²) >= 11 is 0. The van der Waals surface area contributed by atoms with Crippen molar-refractivity contribution >= 4 is 22.1 Å². The van der Waals surface area contributed by atoms with Crippen molar-refractivity contribution in [3.63, 3.8) is 0 Å². The zero-order chi connectivity index (χ0) is 13.9. The van der Waals surface area contributed by atoms with Gasteiger partial charge in [-0.3, -0.25) is 4.79 Å². The molecule has 1 heterocycles. The first-order valence-electron chi connectivity index (χ1n) is 5.30. The van der Waals surface area contributed by atoms with E-state index in [0.717, 1.165) is 4.90 Å². The summed E-state index contributed by atoms with van der Waals surface area (Å²) in [5, 5.41) is 8.97. The van der Waals surface area contributed by atoms with Crippen LogP contribution >= 0.6 is 0 Å². The van der Waals surface area contributed by atoms with E-state index in [2.05, 4.69) is 6.58 Å². The molecule has 0 aromatic rings. The van der Waals surface area contributed by atoms with Gasteiger partial charge in [-0.05, 0) is 6.42 Å². The highest BCUT2D eigenvalue weighted by Gasteiger charge is 2.38. The van der Waals surface area contributed by atoms with Crippen LogP contribution in [0.1, 0.15) is 12.8 Å². The molecule has 1 fully saturated rings. The number of nitrogens with zero attached hydrogens (tertiary/aromatic N) is 1. The number of aliphatic carboxylic acids is 1. The zero-order valence-electron chi connectivity index (χ0n) is 9.58. The minimum atomic E-state index is -4.66. The van der Waals surface area contributed by atoms with Crippen molar-refractivity contribution in [2.75, 3.05) is 12.3 Å². The molecule has 8 heteroatoms. The average Bonchev–Trinajstić information content (AvgIpc) is 2.52. The summed E-state index contributed by atoms with van der Waals surface area (Å²) in [5.41, 5.74) is 0. The van der Waals surface area contributed by atoms with E-state index >= 15 is 0 Å². The summed E-state index contributed by atoms with van der Waals surface area (Å²) in [5.74, 6) is -3.11. The van der Waals surface area contributed by atoms with E-state index in [0.29, 0.717) is 0 Å². The topological polar surface area (TPSA) is 91.8 Å². The summed E-state index contributed by atoms with van der Waals surface area (Å²) in [6.07, 6.45) is 1.28. The highest BCUT2D eigenvalue weighted by molar-refractivity contribution is 7.86. The molecule has 102 valence electrons. The average molecular weight is 279 g/mol. The zero-order valence-corrected chi connectivity index (χ0v) is 10.4. The van der Waals surface area contributed by atoms with Gasteiger partial charge in [0, 0.05) is 18.9 Å². The molecular weight excluding hydrogens is 265 g/mol. The van der Waals surface area contributed by atoms with Crippen molar-refractivity contribution in [1.29, 1.82) is 0 Å². The molecule has 18 heavy (non-hydrogen) atoms. The number of rotatable bonds is 6. The number of amides is 1. The summed E-state index contributed by atoms with van der Waals surface area (Å²) in [6.45, 7) is 3.34. The van der Waals surface area contributed by atoms with Crippen LogP contribution in [0.15, 0.2) is 12.7 Å². The summed E-state index contributed by atoms with van der Waals surface area (Å²) in [7, 11) is -4.66. The number of likely N-dealkylation sites (tertiary alicyclic amines) is 1.